The fourth-order valence-corrected chi connectivity index (χ4v) is 3.65. The van der Waals surface area contributed by atoms with Crippen LogP contribution in [-0.2, 0) is 0 Å². The number of hydrogen-bond donors (Lipinski definition) is 1. The Morgan fingerprint density at radius 2 is 1.50 bits per heavy atom. The molecule has 1 aliphatic heterocycles. The van der Waals surface area contributed by atoms with Crippen LogP contribution in [0.1, 0.15) is 39.3 Å². The number of rotatable bonds is 9. The molecule has 1 aromatic carbocycles. The van der Waals surface area contributed by atoms with Crippen molar-refractivity contribution in [2.75, 3.05) is 63.8 Å². The van der Waals surface area contributed by atoms with Crippen LogP contribution in [0.4, 0.5) is 5.69 Å². The van der Waals surface area contributed by atoms with Crippen LogP contribution >= 0.6 is 0 Å². The quantitative estimate of drug-likeness (QED) is 0.750. The van der Waals surface area contributed by atoms with E-state index in [9.17, 15) is 0 Å². The van der Waals surface area contributed by atoms with Crippen molar-refractivity contribution in [1.82, 2.24) is 15.1 Å². The average molecular weight is 333 g/mol. The number of benzene rings is 1. The average Bonchev–Trinajstić information content (AvgIpc) is 2.65. The van der Waals surface area contributed by atoms with Crippen LogP contribution in [0.15, 0.2) is 24.3 Å². The monoisotopic (exact) mass is 332 g/mol. The molecule has 0 amide bonds. The number of hydrogen-bond acceptors (Lipinski definition) is 4. The molecule has 1 aromatic rings. The zero-order valence-electron chi connectivity index (χ0n) is 16.1. The Labute approximate surface area is 148 Å². The van der Waals surface area contributed by atoms with Gasteiger partial charge in [0.1, 0.15) is 0 Å². The zero-order chi connectivity index (χ0) is 17.4. The molecule has 0 radical (unpaired) electrons. The van der Waals surface area contributed by atoms with Crippen LogP contribution in [0.25, 0.3) is 0 Å². The van der Waals surface area contributed by atoms with Crippen molar-refractivity contribution in [2.24, 2.45) is 0 Å². The minimum atomic E-state index is 0.498. The lowest BCUT2D eigenvalue weighted by Gasteiger charge is -2.38. The Balaban J connectivity index is 2.18. The van der Waals surface area contributed by atoms with Crippen molar-refractivity contribution in [3.63, 3.8) is 0 Å². The molecule has 0 bridgehead atoms. The molecule has 0 aromatic heterocycles. The van der Waals surface area contributed by atoms with Gasteiger partial charge in [-0.05, 0) is 44.6 Å². The normalized spacial score (nSPS) is 17.2. The molecule has 2 rings (SSSR count). The maximum atomic E-state index is 3.48. The van der Waals surface area contributed by atoms with E-state index in [-0.39, 0.29) is 0 Å². The first kappa shape index (κ1) is 19.2. The van der Waals surface area contributed by atoms with Crippen LogP contribution in [0, 0.1) is 0 Å². The maximum absolute atomic E-state index is 3.48. The zero-order valence-corrected chi connectivity index (χ0v) is 16.1. The molecular weight excluding hydrogens is 296 g/mol. The van der Waals surface area contributed by atoms with Gasteiger partial charge in [0.15, 0.2) is 0 Å². The first-order valence-electron chi connectivity index (χ1n) is 9.75. The smallest absolute Gasteiger partial charge is 0.0476 e. The van der Waals surface area contributed by atoms with Crippen molar-refractivity contribution in [3.05, 3.63) is 29.8 Å². The summed E-state index contributed by atoms with van der Waals surface area (Å²) in [5.74, 6) is 0. The number of anilines is 1. The summed E-state index contributed by atoms with van der Waals surface area (Å²) in [6, 6.07) is 9.81. The van der Waals surface area contributed by atoms with Gasteiger partial charge in [0.2, 0.25) is 0 Å². The summed E-state index contributed by atoms with van der Waals surface area (Å²) in [5, 5.41) is 3.48. The van der Waals surface area contributed by atoms with E-state index in [1.807, 2.05) is 0 Å². The summed E-state index contributed by atoms with van der Waals surface area (Å²) in [5.41, 5.74) is 2.80. The van der Waals surface area contributed by atoms with Gasteiger partial charge in [-0.25, -0.2) is 0 Å². The molecule has 136 valence electrons. The molecule has 1 saturated heterocycles. The predicted octanol–water partition coefficient (Wildman–Crippen LogP) is 2.82. The summed E-state index contributed by atoms with van der Waals surface area (Å²) in [6.45, 7) is 19.0. The summed E-state index contributed by atoms with van der Waals surface area (Å²) in [7, 11) is 0. The first-order valence-corrected chi connectivity index (χ1v) is 9.75. The fraction of sp³-hybridized carbons (Fsp3) is 0.700. The van der Waals surface area contributed by atoms with E-state index >= 15 is 0 Å². The SMILES string of the molecule is CCN(CC)CC(c1ccc(N(CC)CC)cc1)N1CCNCC1. The lowest BCUT2D eigenvalue weighted by atomic mass is 10.0. The van der Waals surface area contributed by atoms with Gasteiger partial charge in [0.05, 0.1) is 0 Å². The van der Waals surface area contributed by atoms with E-state index in [2.05, 4.69) is 72.0 Å². The molecule has 4 nitrogen and oxygen atoms in total. The van der Waals surface area contributed by atoms with Gasteiger partial charge in [-0.2, -0.15) is 0 Å². The van der Waals surface area contributed by atoms with E-state index in [0.29, 0.717) is 6.04 Å². The third kappa shape index (κ3) is 4.95. The lowest BCUT2D eigenvalue weighted by molar-refractivity contribution is 0.129. The molecule has 1 aliphatic rings. The van der Waals surface area contributed by atoms with Gasteiger partial charge < -0.3 is 15.1 Å². The van der Waals surface area contributed by atoms with Crippen molar-refractivity contribution >= 4 is 5.69 Å². The molecule has 1 atom stereocenters. The van der Waals surface area contributed by atoms with Crippen LogP contribution < -0.4 is 10.2 Å². The number of likely N-dealkylation sites (N-methyl/N-ethyl adjacent to an activating group) is 1. The molecule has 1 fully saturated rings. The highest BCUT2D eigenvalue weighted by molar-refractivity contribution is 5.47. The minimum Gasteiger partial charge on any atom is -0.372 e. The lowest BCUT2D eigenvalue weighted by Crippen LogP contribution is -2.48. The molecule has 1 unspecified atom stereocenters. The number of nitrogens with one attached hydrogen (secondary N) is 1. The van der Waals surface area contributed by atoms with E-state index in [1.54, 1.807) is 0 Å². The Hall–Kier alpha value is -1.10. The molecule has 1 N–H and O–H groups in total. The standard InChI is InChI=1S/C20H36N4/c1-5-22(6-2)17-20(24-15-13-21-14-16-24)18-9-11-19(12-10-18)23(7-3)8-4/h9-12,20-21H,5-8,13-17H2,1-4H3. The van der Waals surface area contributed by atoms with Gasteiger partial charge in [0, 0.05) is 57.5 Å². The largest absolute Gasteiger partial charge is 0.372 e. The first-order chi connectivity index (χ1) is 11.7. The van der Waals surface area contributed by atoms with Crippen molar-refractivity contribution in [1.29, 1.82) is 0 Å². The van der Waals surface area contributed by atoms with Gasteiger partial charge in [-0.15, -0.1) is 0 Å². The Kier molecular flexibility index (Phi) is 8.03. The van der Waals surface area contributed by atoms with Crippen LogP contribution in [0.5, 0.6) is 0 Å². The highest BCUT2D eigenvalue weighted by Crippen LogP contribution is 2.25. The van der Waals surface area contributed by atoms with E-state index in [0.717, 1.165) is 58.9 Å². The topological polar surface area (TPSA) is 21.8 Å². The number of nitrogens with zero attached hydrogens (tertiary/aromatic N) is 3. The predicted molar refractivity (Wildman–Crippen MR) is 105 cm³/mol. The minimum absolute atomic E-state index is 0.498. The summed E-state index contributed by atoms with van der Waals surface area (Å²) < 4.78 is 0. The Morgan fingerprint density at radius 3 is 2.00 bits per heavy atom. The highest BCUT2D eigenvalue weighted by Gasteiger charge is 2.23. The molecule has 4 heteroatoms. The van der Waals surface area contributed by atoms with Gasteiger partial charge in [-0.1, -0.05) is 26.0 Å². The fourth-order valence-electron chi connectivity index (χ4n) is 3.65. The third-order valence-electron chi connectivity index (χ3n) is 5.32. The molecule has 0 spiro atoms. The van der Waals surface area contributed by atoms with E-state index in [1.165, 1.54) is 11.3 Å². The van der Waals surface area contributed by atoms with Gasteiger partial charge in [-0.3, -0.25) is 4.90 Å². The van der Waals surface area contributed by atoms with Crippen molar-refractivity contribution in [2.45, 2.75) is 33.7 Å². The summed E-state index contributed by atoms with van der Waals surface area (Å²) >= 11 is 0. The second-order valence-electron chi connectivity index (χ2n) is 6.55. The van der Waals surface area contributed by atoms with Crippen molar-refractivity contribution < 1.29 is 0 Å². The summed E-state index contributed by atoms with van der Waals surface area (Å²) in [6.07, 6.45) is 0. The molecule has 24 heavy (non-hydrogen) atoms. The maximum Gasteiger partial charge on any atom is 0.0476 e. The second kappa shape index (κ2) is 10.0. The summed E-state index contributed by atoms with van der Waals surface area (Å²) in [4.78, 5) is 7.61. The van der Waals surface area contributed by atoms with Crippen LogP contribution in [0.3, 0.4) is 0 Å². The number of piperazine rings is 1. The molecule has 1 heterocycles. The Morgan fingerprint density at radius 1 is 0.917 bits per heavy atom. The molecular formula is C20H36N4. The van der Waals surface area contributed by atoms with Crippen LogP contribution in [0.2, 0.25) is 0 Å². The van der Waals surface area contributed by atoms with E-state index in [4.69, 9.17) is 0 Å². The second-order valence-corrected chi connectivity index (χ2v) is 6.55. The van der Waals surface area contributed by atoms with Gasteiger partial charge in [0.25, 0.3) is 0 Å². The highest BCUT2D eigenvalue weighted by atomic mass is 15.2. The third-order valence-corrected chi connectivity index (χ3v) is 5.32. The van der Waals surface area contributed by atoms with E-state index < -0.39 is 0 Å². The molecule has 0 saturated carbocycles. The van der Waals surface area contributed by atoms with Gasteiger partial charge >= 0.3 is 0 Å². The molecule has 0 aliphatic carbocycles. The Bertz CT molecular complexity index is 445. The van der Waals surface area contributed by atoms with Crippen molar-refractivity contribution in [3.8, 4) is 0 Å². The van der Waals surface area contributed by atoms with Crippen LogP contribution in [-0.4, -0.2) is 68.7 Å².